The molecule has 0 radical (unpaired) electrons. The van der Waals surface area contributed by atoms with Crippen LogP contribution in [0, 0.1) is 0 Å². The van der Waals surface area contributed by atoms with Gasteiger partial charge in [0.15, 0.2) is 0 Å². The molecule has 27 heavy (non-hydrogen) atoms. The molecular formula is C22H33N3O2. The van der Waals surface area contributed by atoms with Gasteiger partial charge in [-0.1, -0.05) is 31.0 Å². The van der Waals surface area contributed by atoms with E-state index in [1.165, 1.54) is 17.3 Å². The van der Waals surface area contributed by atoms with Gasteiger partial charge in [-0.3, -0.25) is 0 Å². The van der Waals surface area contributed by atoms with Crippen molar-refractivity contribution in [1.29, 1.82) is 0 Å². The van der Waals surface area contributed by atoms with Crippen LogP contribution in [0.3, 0.4) is 0 Å². The van der Waals surface area contributed by atoms with Gasteiger partial charge in [0.1, 0.15) is 0 Å². The maximum atomic E-state index is 10.6. The monoisotopic (exact) mass is 371 g/mol. The maximum Gasteiger partial charge on any atom is 0.0845 e. The molecule has 5 nitrogen and oxygen atoms in total. The molecule has 1 saturated carbocycles. The predicted octanol–water partition coefficient (Wildman–Crippen LogP) is 2.36. The zero-order valence-electron chi connectivity index (χ0n) is 16.1. The summed E-state index contributed by atoms with van der Waals surface area (Å²) in [6.07, 6.45) is 8.17. The van der Waals surface area contributed by atoms with E-state index in [1.54, 1.807) is 0 Å². The standard InChI is InChI=1S/C22H33N3O2/c26-19(16-25-14-9-17-5-1-3-7-21(17)25)15-24-12-10-18(11-13-24)23-20-6-2-4-8-22(20)27/h1,3,5,7,9,14,18-20,22-23,26-27H,2,4,6,8,10-13,15-16H2/t19-,20+,22-/m0/s1. The van der Waals surface area contributed by atoms with Crippen molar-refractivity contribution >= 4 is 10.9 Å². The molecule has 0 unspecified atom stereocenters. The minimum atomic E-state index is -0.356. The van der Waals surface area contributed by atoms with Gasteiger partial charge in [-0.15, -0.1) is 0 Å². The Balaban J connectivity index is 1.23. The topological polar surface area (TPSA) is 60.7 Å². The Hall–Kier alpha value is -1.40. The molecule has 3 atom stereocenters. The molecule has 1 aromatic heterocycles. The van der Waals surface area contributed by atoms with Crippen LogP contribution in [0.4, 0.5) is 0 Å². The number of β-amino-alcohol motifs (C(OH)–C–C–N with tert-alkyl or cyclic N) is 1. The summed E-state index contributed by atoms with van der Waals surface area (Å²) in [5.41, 5.74) is 1.19. The molecule has 2 heterocycles. The van der Waals surface area contributed by atoms with E-state index in [4.69, 9.17) is 0 Å². The van der Waals surface area contributed by atoms with E-state index in [9.17, 15) is 10.2 Å². The second kappa shape index (κ2) is 8.74. The van der Waals surface area contributed by atoms with Crippen molar-refractivity contribution < 1.29 is 10.2 Å². The van der Waals surface area contributed by atoms with Crippen molar-refractivity contribution in [3.8, 4) is 0 Å². The average Bonchev–Trinajstić information content (AvgIpc) is 3.08. The molecule has 3 N–H and O–H groups in total. The molecule has 1 aromatic carbocycles. The first-order chi connectivity index (χ1) is 13.2. The Kier molecular flexibility index (Phi) is 6.13. The first-order valence-electron chi connectivity index (χ1n) is 10.6. The largest absolute Gasteiger partial charge is 0.392 e. The van der Waals surface area contributed by atoms with Crippen LogP contribution in [0.1, 0.15) is 38.5 Å². The molecule has 1 aliphatic carbocycles. The van der Waals surface area contributed by atoms with Crippen LogP contribution in [0.25, 0.3) is 10.9 Å². The summed E-state index contributed by atoms with van der Waals surface area (Å²) < 4.78 is 2.15. The van der Waals surface area contributed by atoms with Gasteiger partial charge in [0.05, 0.1) is 12.2 Å². The lowest BCUT2D eigenvalue weighted by atomic mass is 9.91. The quantitative estimate of drug-likeness (QED) is 0.730. The molecule has 0 spiro atoms. The SMILES string of the molecule is O[C@@H](CN1CCC(N[C@@H]2CCCC[C@@H]2O)CC1)Cn1ccc2ccccc21. The van der Waals surface area contributed by atoms with Gasteiger partial charge in [0.2, 0.25) is 0 Å². The number of piperidine rings is 1. The van der Waals surface area contributed by atoms with Crippen LogP contribution in [0.15, 0.2) is 36.5 Å². The summed E-state index contributed by atoms with van der Waals surface area (Å²) in [5, 5.41) is 25.7. The van der Waals surface area contributed by atoms with Crippen molar-refractivity contribution in [3.05, 3.63) is 36.5 Å². The summed E-state index contributed by atoms with van der Waals surface area (Å²) in [5.74, 6) is 0. The smallest absolute Gasteiger partial charge is 0.0845 e. The van der Waals surface area contributed by atoms with Crippen molar-refractivity contribution in [2.24, 2.45) is 0 Å². The Labute approximate surface area is 162 Å². The fourth-order valence-electron chi connectivity index (χ4n) is 4.77. The minimum absolute atomic E-state index is 0.171. The molecule has 4 rings (SSSR count). The molecule has 1 saturated heterocycles. The Bertz CT molecular complexity index is 723. The van der Waals surface area contributed by atoms with Gasteiger partial charge in [0.25, 0.3) is 0 Å². The van der Waals surface area contributed by atoms with E-state index < -0.39 is 0 Å². The van der Waals surface area contributed by atoms with Crippen molar-refractivity contribution in [2.75, 3.05) is 19.6 Å². The van der Waals surface area contributed by atoms with Crippen molar-refractivity contribution in [1.82, 2.24) is 14.8 Å². The number of nitrogens with one attached hydrogen (secondary N) is 1. The van der Waals surface area contributed by atoms with Crippen LogP contribution in [-0.2, 0) is 6.54 Å². The fourth-order valence-corrected chi connectivity index (χ4v) is 4.77. The average molecular weight is 372 g/mol. The molecular weight excluding hydrogens is 338 g/mol. The summed E-state index contributed by atoms with van der Waals surface area (Å²) in [4.78, 5) is 2.38. The second-order valence-electron chi connectivity index (χ2n) is 8.38. The zero-order chi connectivity index (χ0) is 18.6. The van der Waals surface area contributed by atoms with Crippen molar-refractivity contribution in [3.63, 3.8) is 0 Å². The lowest BCUT2D eigenvalue weighted by molar-refractivity contribution is 0.0632. The van der Waals surface area contributed by atoms with Crippen LogP contribution in [0.2, 0.25) is 0 Å². The van der Waals surface area contributed by atoms with E-state index in [1.807, 2.05) is 12.1 Å². The van der Waals surface area contributed by atoms with E-state index in [0.29, 0.717) is 12.6 Å². The normalized spacial score (nSPS) is 26.4. The molecule has 1 aliphatic heterocycles. The van der Waals surface area contributed by atoms with E-state index in [-0.39, 0.29) is 18.2 Å². The highest BCUT2D eigenvalue weighted by atomic mass is 16.3. The highest BCUT2D eigenvalue weighted by Gasteiger charge is 2.27. The third-order valence-corrected chi connectivity index (χ3v) is 6.32. The van der Waals surface area contributed by atoms with Crippen LogP contribution < -0.4 is 5.32 Å². The van der Waals surface area contributed by atoms with Gasteiger partial charge < -0.3 is 25.0 Å². The number of aliphatic hydroxyl groups excluding tert-OH is 2. The zero-order valence-corrected chi connectivity index (χ0v) is 16.1. The van der Waals surface area contributed by atoms with Gasteiger partial charge in [-0.05, 0) is 56.3 Å². The van der Waals surface area contributed by atoms with E-state index in [2.05, 4.69) is 39.2 Å². The molecule has 2 fully saturated rings. The number of benzene rings is 1. The number of rotatable bonds is 6. The Morgan fingerprint density at radius 1 is 1.00 bits per heavy atom. The first-order valence-corrected chi connectivity index (χ1v) is 10.6. The Morgan fingerprint density at radius 3 is 2.59 bits per heavy atom. The summed E-state index contributed by atoms with van der Waals surface area (Å²) >= 11 is 0. The summed E-state index contributed by atoms with van der Waals surface area (Å²) in [6.45, 7) is 3.40. The first kappa shape index (κ1) is 18.9. The lowest BCUT2D eigenvalue weighted by Gasteiger charge is -2.37. The number of nitrogens with zero attached hydrogens (tertiary/aromatic N) is 2. The fraction of sp³-hybridized carbons (Fsp3) is 0.636. The van der Waals surface area contributed by atoms with E-state index >= 15 is 0 Å². The molecule has 148 valence electrons. The van der Waals surface area contributed by atoms with Gasteiger partial charge in [-0.25, -0.2) is 0 Å². The summed E-state index contributed by atoms with van der Waals surface area (Å²) in [6, 6.07) is 11.2. The minimum Gasteiger partial charge on any atom is -0.392 e. The van der Waals surface area contributed by atoms with Gasteiger partial charge in [-0.2, -0.15) is 0 Å². The highest BCUT2D eigenvalue weighted by molar-refractivity contribution is 5.79. The molecule has 0 bridgehead atoms. The van der Waals surface area contributed by atoms with Gasteiger partial charge in [0, 0.05) is 36.9 Å². The molecule has 2 aromatic rings. The lowest BCUT2D eigenvalue weighted by Crippen LogP contribution is -2.51. The molecule has 5 heteroatoms. The number of aliphatic hydroxyl groups is 2. The van der Waals surface area contributed by atoms with Gasteiger partial charge >= 0.3 is 0 Å². The number of fused-ring (bicyclic) bond motifs is 1. The number of hydrogen-bond donors (Lipinski definition) is 3. The maximum absolute atomic E-state index is 10.6. The number of hydrogen-bond acceptors (Lipinski definition) is 4. The van der Waals surface area contributed by atoms with Crippen LogP contribution in [0.5, 0.6) is 0 Å². The summed E-state index contributed by atoms with van der Waals surface area (Å²) in [7, 11) is 0. The third-order valence-electron chi connectivity index (χ3n) is 6.32. The molecule has 2 aliphatic rings. The Morgan fingerprint density at radius 2 is 1.78 bits per heavy atom. The third kappa shape index (κ3) is 4.72. The van der Waals surface area contributed by atoms with Crippen molar-refractivity contribution in [2.45, 2.75) is 69.4 Å². The van der Waals surface area contributed by atoms with Crippen LogP contribution >= 0.6 is 0 Å². The van der Waals surface area contributed by atoms with Crippen LogP contribution in [-0.4, -0.2) is 63.6 Å². The number of likely N-dealkylation sites (tertiary alicyclic amines) is 1. The molecule has 0 amide bonds. The number of para-hydroxylation sites is 1. The highest BCUT2D eigenvalue weighted by Crippen LogP contribution is 2.21. The predicted molar refractivity (Wildman–Crippen MR) is 109 cm³/mol. The number of aromatic nitrogens is 1. The second-order valence-corrected chi connectivity index (χ2v) is 8.38. The van der Waals surface area contributed by atoms with E-state index in [0.717, 1.165) is 51.7 Å².